The Morgan fingerprint density at radius 2 is 1.80 bits per heavy atom. The van der Waals surface area contributed by atoms with Gasteiger partial charge in [-0.05, 0) is 48.4 Å². The molecule has 0 saturated carbocycles. The summed E-state index contributed by atoms with van der Waals surface area (Å²) in [7, 11) is 2.85. The van der Waals surface area contributed by atoms with Crippen LogP contribution in [-0.2, 0) is 4.74 Å². The number of benzene rings is 2. The number of hydrogen-bond donors (Lipinski definition) is 2. The lowest BCUT2D eigenvalue weighted by atomic mass is 9.98. The maximum absolute atomic E-state index is 12.1. The summed E-state index contributed by atoms with van der Waals surface area (Å²) in [6.07, 6.45) is 0. The zero-order valence-electron chi connectivity index (χ0n) is 14.4. The number of methoxy groups -OCH3 is 2. The van der Waals surface area contributed by atoms with Crippen LogP contribution < -0.4 is 10.1 Å². The van der Waals surface area contributed by atoms with E-state index in [0.717, 1.165) is 5.56 Å². The molecular formula is C19H21NO5. The molecule has 0 spiro atoms. The van der Waals surface area contributed by atoms with Gasteiger partial charge in [0.25, 0.3) is 5.91 Å². The first-order valence-corrected chi connectivity index (χ1v) is 7.78. The number of hydrogen-bond acceptors (Lipinski definition) is 5. The van der Waals surface area contributed by atoms with Gasteiger partial charge in [-0.1, -0.05) is 12.1 Å². The molecule has 25 heavy (non-hydrogen) atoms. The van der Waals surface area contributed by atoms with Crippen LogP contribution in [0.5, 0.6) is 5.75 Å². The number of carbonyl (C=O) groups excluding carboxylic acids is 2. The van der Waals surface area contributed by atoms with Crippen molar-refractivity contribution < 1.29 is 24.2 Å². The third-order valence-corrected chi connectivity index (χ3v) is 3.74. The molecule has 0 bridgehead atoms. The molecule has 1 unspecified atom stereocenters. The van der Waals surface area contributed by atoms with E-state index in [4.69, 9.17) is 14.6 Å². The average molecular weight is 343 g/mol. The molecule has 0 aliphatic heterocycles. The van der Waals surface area contributed by atoms with Crippen LogP contribution in [-0.4, -0.2) is 43.9 Å². The SMILES string of the molecule is COC(=O)c1cc(OC)ccc1-c1ccc(C(=O)NC(C)CO)cc1. The first-order valence-electron chi connectivity index (χ1n) is 7.78. The minimum absolute atomic E-state index is 0.127. The summed E-state index contributed by atoms with van der Waals surface area (Å²) in [4.78, 5) is 24.1. The Morgan fingerprint density at radius 3 is 2.36 bits per heavy atom. The van der Waals surface area contributed by atoms with Crippen molar-refractivity contribution in [1.29, 1.82) is 0 Å². The van der Waals surface area contributed by atoms with Crippen molar-refractivity contribution in [2.45, 2.75) is 13.0 Å². The lowest BCUT2D eigenvalue weighted by Gasteiger charge is -2.12. The molecule has 0 aliphatic carbocycles. The molecular weight excluding hydrogens is 322 g/mol. The van der Waals surface area contributed by atoms with E-state index in [0.29, 0.717) is 22.4 Å². The number of aliphatic hydroxyl groups excluding tert-OH is 1. The Balaban J connectivity index is 2.33. The van der Waals surface area contributed by atoms with Gasteiger partial charge >= 0.3 is 5.97 Å². The molecule has 1 atom stereocenters. The monoisotopic (exact) mass is 343 g/mol. The summed E-state index contributed by atoms with van der Waals surface area (Å²) in [6, 6.07) is 11.7. The number of amides is 1. The maximum Gasteiger partial charge on any atom is 0.338 e. The van der Waals surface area contributed by atoms with Gasteiger partial charge in [-0.15, -0.1) is 0 Å². The van der Waals surface area contributed by atoms with Crippen LogP contribution in [0, 0.1) is 0 Å². The van der Waals surface area contributed by atoms with Crippen molar-refractivity contribution in [1.82, 2.24) is 5.32 Å². The summed E-state index contributed by atoms with van der Waals surface area (Å²) >= 11 is 0. The van der Waals surface area contributed by atoms with Crippen molar-refractivity contribution in [3.05, 3.63) is 53.6 Å². The minimum Gasteiger partial charge on any atom is -0.497 e. The minimum atomic E-state index is -0.465. The van der Waals surface area contributed by atoms with Crippen LogP contribution in [0.2, 0.25) is 0 Å². The number of nitrogens with one attached hydrogen (secondary N) is 1. The van der Waals surface area contributed by atoms with Crippen molar-refractivity contribution in [3.8, 4) is 16.9 Å². The summed E-state index contributed by atoms with van der Waals surface area (Å²) in [5.74, 6) is -0.179. The second kappa shape index (κ2) is 8.30. The predicted molar refractivity (Wildman–Crippen MR) is 93.8 cm³/mol. The Hall–Kier alpha value is -2.86. The number of ether oxygens (including phenoxy) is 2. The van der Waals surface area contributed by atoms with Crippen LogP contribution >= 0.6 is 0 Å². The van der Waals surface area contributed by atoms with Gasteiger partial charge in [0.1, 0.15) is 5.75 Å². The zero-order valence-corrected chi connectivity index (χ0v) is 14.4. The van der Waals surface area contributed by atoms with E-state index in [-0.39, 0.29) is 18.6 Å². The summed E-state index contributed by atoms with van der Waals surface area (Å²) in [5.41, 5.74) is 2.31. The second-order valence-electron chi connectivity index (χ2n) is 5.54. The zero-order chi connectivity index (χ0) is 18.4. The molecule has 2 aromatic rings. The van der Waals surface area contributed by atoms with Gasteiger partial charge in [0.2, 0.25) is 0 Å². The first kappa shape index (κ1) is 18.5. The molecule has 0 heterocycles. The Morgan fingerprint density at radius 1 is 1.12 bits per heavy atom. The molecule has 0 fully saturated rings. The van der Waals surface area contributed by atoms with E-state index in [2.05, 4.69) is 5.32 Å². The molecule has 132 valence electrons. The smallest absolute Gasteiger partial charge is 0.338 e. The molecule has 2 N–H and O–H groups in total. The molecule has 0 aromatic heterocycles. The standard InChI is InChI=1S/C19H21NO5/c1-12(11-21)20-18(22)14-6-4-13(5-7-14)16-9-8-15(24-2)10-17(16)19(23)25-3/h4-10,12,21H,11H2,1-3H3,(H,20,22). The van der Waals surface area contributed by atoms with E-state index in [1.807, 2.05) is 0 Å². The van der Waals surface area contributed by atoms with E-state index in [1.165, 1.54) is 14.2 Å². The second-order valence-corrected chi connectivity index (χ2v) is 5.54. The molecule has 6 heteroatoms. The van der Waals surface area contributed by atoms with Crippen LogP contribution in [0.4, 0.5) is 0 Å². The van der Waals surface area contributed by atoms with Crippen LogP contribution in [0.25, 0.3) is 11.1 Å². The molecule has 0 saturated heterocycles. The molecule has 2 rings (SSSR count). The van der Waals surface area contributed by atoms with Crippen LogP contribution in [0.15, 0.2) is 42.5 Å². The highest BCUT2D eigenvalue weighted by Crippen LogP contribution is 2.28. The Kier molecular flexibility index (Phi) is 6.14. The van der Waals surface area contributed by atoms with Crippen molar-refractivity contribution in [3.63, 3.8) is 0 Å². The summed E-state index contributed by atoms with van der Waals surface area (Å²) in [6.45, 7) is 1.59. The Bertz CT molecular complexity index is 755. The molecule has 1 amide bonds. The molecule has 6 nitrogen and oxygen atoms in total. The lowest BCUT2D eigenvalue weighted by Crippen LogP contribution is -2.34. The van der Waals surface area contributed by atoms with Gasteiger partial charge in [-0.25, -0.2) is 4.79 Å². The van der Waals surface area contributed by atoms with Crippen LogP contribution in [0.3, 0.4) is 0 Å². The van der Waals surface area contributed by atoms with Gasteiger partial charge < -0.3 is 19.9 Å². The number of aliphatic hydroxyl groups is 1. The topological polar surface area (TPSA) is 84.9 Å². The van der Waals surface area contributed by atoms with Crippen molar-refractivity contribution in [2.75, 3.05) is 20.8 Å². The fourth-order valence-electron chi connectivity index (χ4n) is 2.33. The number of esters is 1. The summed E-state index contributed by atoms with van der Waals surface area (Å²) in [5, 5.41) is 11.7. The van der Waals surface area contributed by atoms with E-state index < -0.39 is 5.97 Å². The van der Waals surface area contributed by atoms with Gasteiger partial charge in [0, 0.05) is 11.6 Å². The van der Waals surface area contributed by atoms with Gasteiger partial charge in [-0.3, -0.25) is 4.79 Å². The van der Waals surface area contributed by atoms with E-state index in [1.54, 1.807) is 49.4 Å². The summed E-state index contributed by atoms with van der Waals surface area (Å²) < 4.78 is 9.99. The molecule has 2 aromatic carbocycles. The van der Waals surface area contributed by atoms with Crippen molar-refractivity contribution >= 4 is 11.9 Å². The van der Waals surface area contributed by atoms with E-state index >= 15 is 0 Å². The maximum atomic E-state index is 12.1. The highest BCUT2D eigenvalue weighted by molar-refractivity contribution is 5.99. The highest BCUT2D eigenvalue weighted by atomic mass is 16.5. The third kappa shape index (κ3) is 4.36. The third-order valence-electron chi connectivity index (χ3n) is 3.74. The fourth-order valence-corrected chi connectivity index (χ4v) is 2.33. The fraction of sp³-hybridized carbons (Fsp3) is 0.263. The number of rotatable bonds is 6. The molecule has 0 radical (unpaired) electrons. The van der Waals surface area contributed by atoms with Gasteiger partial charge in [0.05, 0.1) is 26.4 Å². The normalized spacial score (nSPS) is 11.5. The lowest BCUT2D eigenvalue weighted by molar-refractivity contribution is 0.0601. The van der Waals surface area contributed by atoms with Gasteiger partial charge in [0.15, 0.2) is 0 Å². The quantitative estimate of drug-likeness (QED) is 0.786. The van der Waals surface area contributed by atoms with E-state index in [9.17, 15) is 9.59 Å². The largest absolute Gasteiger partial charge is 0.497 e. The van der Waals surface area contributed by atoms with Crippen molar-refractivity contribution in [2.24, 2.45) is 0 Å². The first-order chi connectivity index (χ1) is 12.0. The Labute approximate surface area is 146 Å². The predicted octanol–water partition coefficient (Wildman–Crippen LogP) is 2.26. The number of carbonyl (C=O) groups is 2. The van der Waals surface area contributed by atoms with Crippen LogP contribution in [0.1, 0.15) is 27.6 Å². The molecule has 0 aliphatic rings. The average Bonchev–Trinajstić information content (AvgIpc) is 2.66. The van der Waals surface area contributed by atoms with Gasteiger partial charge in [-0.2, -0.15) is 0 Å². The highest BCUT2D eigenvalue weighted by Gasteiger charge is 2.15.